The average Bonchev–Trinajstić information content (AvgIpc) is 2.21. The molecule has 0 heterocycles. The number of ether oxygens (including phenoxy) is 2. The van der Waals surface area contributed by atoms with Crippen molar-refractivity contribution in [3.05, 3.63) is 0 Å². The monoisotopic (exact) mass is 270 g/mol. The Hall–Kier alpha value is -1.77. The number of nitriles is 1. The molecule has 0 bridgehead atoms. The van der Waals surface area contributed by atoms with Gasteiger partial charge in [0.2, 0.25) is 0 Å². The molecule has 1 N–H and O–H groups in total. The van der Waals surface area contributed by atoms with Gasteiger partial charge in [-0.05, 0) is 33.1 Å². The van der Waals surface area contributed by atoms with Gasteiger partial charge < -0.3 is 14.8 Å². The van der Waals surface area contributed by atoms with Crippen LogP contribution in [0, 0.1) is 17.2 Å². The van der Waals surface area contributed by atoms with Gasteiger partial charge in [0.05, 0.1) is 0 Å². The van der Waals surface area contributed by atoms with Gasteiger partial charge in [-0.3, -0.25) is 0 Å². The normalized spacial score (nSPS) is 12.5. The van der Waals surface area contributed by atoms with Crippen molar-refractivity contribution in [3.8, 4) is 6.07 Å². The van der Waals surface area contributed by atoms with Crippen molar-refractivity contribution in [2.75, 3.05) is 6.61 Å². The number of carbonyl (C=O) groups excluding carboxylic acids is 2. The highest BCUT2D eigenvalue weighted by Crippen LogP contribution is 2.10. The third-order valence-electron chi connectivity index (χ3n) is 1.96. The van der Waals surface area contributed by atoms with Gasteiger partial charge in [-0.2, -0.15) is 5.26 Å². The van der Waals surface area contributed by atoms with E-state index < -0.39 is 23.7 Å². The fourth-order valence-electron chi connectivity index (χ4n) is 1.34. The van der Waals surface area contributed by atoms with Crippen LogP contribution in [0.3, 0.4) is 0 Å². The predicted molar refractivity (Wildman–Crippen MR) is 69.2 cm³/mol. The second-order valence-corrected chi connectivity index (χ2v) is 5.59. The minimum absolute atomic E-state index is 0.189. The van der Waals surface area contributed by atoms with Crippen LogP contribution in [0.1, 0.15) is 41.0 Å². The smallest absolute Gasteiger partial charge is 0.408 e. The quantitative estimate of drug-likeness (QED) is 0.772. The van der Waals surface area contributed by atoms with E-state index in [0.29, 0.717) is 6.42 Å². The molecule has 0 rings (SSSR count). The van der Waals surface area contributed by atoms with E-state index in [1.807, 2.05) is 13.8 Å². The summed E-state index contributed by atoms with van der Waals surface area (Å²) in [6.45, 7) is 8.71. The fraction of sp³-hybridized carbons (Fsp3) is 0.769. The fourth-order valence-corrected chi connectivity index (χ4v) is 1.34. The van der Waals surface area contributed by atoms with Crippen molar-refractivity contribution in [1.82, 2.24) is 5.32 Å². The Morgan fingerprint density at radius 2 is 1.89 bits per heavy atom. The maximum Gasteiger partial charge on any atom is 0.408 e. The summed E-state index contributed by atoms with van der Waals surface area (Å²) in [6.07, 6.45) is -0.254. The highest BCUT2D eigenvalue weighted by atomic mass is 16.6. The molecule has 0 radical (unpaired) electrons. The van der Waals surface area contributed by atoms with Crippen LogP contribution in [0.15, 0.2) is 0 Å². The molecule has 0 aliphatic heterocycles. The topological polar surface area (TPSA) is 88.4 Å². The molecule has 6 nitrogen and oxygen atoms in total. The number of amides is 1. The number of nitrogens with zero attached hydrogens (tertiary/aromatic N) is 1. The molecule has 0 unspecified atom stereocenters. The summed E-state index contributed by atoms with van der Waals surface area (Å²) >= 11 is 0. The third kappa shape index (κ3) is 8.89. The average molecular weight is 270 g/mol. The summed E-state index contributed by atoms with van der Waals surface area (Å²) in [5, 5.41) is 10.8. The Balaban J connectivity index is 4.55. The molecule has 0 saturated carbocycles. The minimum atomic E-state index is -0.803. The SMILES string of the molecule is CC(C)C[C@H](NC(=O)OC(C)(C)C)C(=O)OCC#N. The number of nitrogens with one attached hydrogen (secondary N) is 1. The Kier molecular flexibility index (Phi) is 6.91. The molecule has 0 aromatic carbocycles. The van der Waals surface area contributed by atoms with E-state index in [1.54, 1.807) is 26.8 Å². The summed E-state index contributed by atoms with van der Waals surface area (Å²) in [6, 6.07) is 0.909. The first kappa shape index (κ1) is 17.2. The summed E-state index contributed by atoms with van der Waals surface area (Å²) < 4.78 is 9.80. The molecule has 1 amide bonds. The summed E-state index contributed by atoms with van der Waals surface area (Å²) in [7, 11) is 0. The summed E-state index contributed by atoms with van der Waals surface area (Å²) in [5.41, 5.74) is -0.636. The van der Waals surface area contributed by atoms with Crippen LogP contribution in [0.5, 0.6) is 0 Å². The molecule has 0 spiro atoms. The minimum Gasteiger partial charge on any atom is -0.449 e. The molecule has 0 aliphatic rings. The van der Waals surface area contributed by atoms with Crippen molar-refractivity contribution in [2.45, 2.75) is 52.7 Å². The number of hydrogen-bond donors (Lipinski definition) is 1. The highest BCUT2D eigenvalue weighted by Gasteiger charge is 2.26. The Labute approximate surface area is 114 Å². The van der Waals surface area contributed by atoms with Gasteiger partial charge in [0.25, 0.3) is 0 Å². The molecular formula is C13H22N2O4. The maximum atomic E-state index is 11.7. The van der Waals surface area contributed by atoms with Gasteiger partial charge in [-0.15, -0.1) is 0 Å². The zero-order chi connectivity index (χ0) is 15.1. The molecule has 19 heavy (non-hydrogen) atoms. The molecule has 0 aromatic heterocycles. The second kappa shape index (κ2) is 7.62. The van der Waals surface area contributed by atoms with Crippen LogP contribution in [0.4, 0.5) is 4.79 Å². The second-order valence-electron chi connectivity index (χ2n) is 5.59. The standard InChI is InChI=1S/C13H22N2O4/c1-9(2)8-10(11(16)18-7-6-14)15-12(17)19-13(3,4)5/h9-10H,7-8H2,1-5H3,(H,15,17)/t10-/m0/s1. The third-order valence-corrected chi connectivity index (χ3v) is 1.96. The lowest BCUT2D eigenvalue weighted by Gasteiger charge is -2.23. The van der Waals surface area contributed by atoms with Gasteiger partial charge in [0.15, 0.2) is 6.61 Å². The molecule has 0 aliphatic carbocycles. The highest BCUT2D eigenvalue weighted by molar-refractivity contribution is 5.81. The van der Waals surface area contributed by atoms with E-state index >= 15 is 0 Å². The lowest BCUT2D eigenvalue weighted by molar-refractivity contribution is -0.145. The number of alkyl carbamates (subject to hydrolysis) is 1. The Morgan fingerprint density at radius 3 is 2.32 bits per heavy atom. The van der Waals surface area contributed by atoms with Crippen LogP contribution in [-0.2, 0) is 14.3 Å². The van der Waals surface area contributed by atoms with Gasteiger partial charge in [-0.25, -0.2) is 9.59 Å². The zero-order valence-corrected chi connectivity index (χ0v) is 12.1. The van der Waals surface area contributed by atoms with E-state index in [4.69, 9.17) is 14.7 Å². The van der Waals surface area contributed by atoms with Gasteiger partial charge in [-0.1, -0.05) is 13.8 Å². The summed E-state index contributed by atoms with van der Waals surface area (Å²) in [4.78, 5) is 23.3. The van der Waals surface area contributed by atoms with Crippen LogP contribution in [0.25, 0.3) is 0 Å². The van der Waals surface area contributed by atoms with Gasteiger partial charge in [0.1, 0.15) is 17.7 Å². The van der Waals surface area contributed by atoms with Gasteiger partial charge in [0, 0.05) is 0 Å². The largest absolute Gasteiger partial charge is 0.449 e. The summed E-state index contributed by atoms with van der Waals surface area (Å²) in [5.74, 6) is -0.435. The van der Waals surface area contributed by atoms with Crippen LogP contribution >= 0.6 is 0 Å². The molecule has 1 atom stereocenters. The number of esters is 1. The molecule has 0 fully saturated rings. The van der Waals surface area contributed by atoms with Crippen molar-refractivity contribution in [3.63, 3.8) is 0 Å². The van der Waals surface area contributed by atoms with E-state index in [2.05, 4.69) is 5.32 Å². The molecule has 0 aromatic rings. The van der Waals surface area contributed by atoms with Crippen molar-refractivity contribution >= 4 is 12.1 Å². The van der Waals surface area contributed by atoms with Crippen molar-refractivity contribution in [2.24, 2.45) is 5.92 Å². The number of carbonyl (C=O) groups is 2. The Bertz CT molecular complexity index is 353. The maximum absolute atomic E-state index is 11.7. The first-order valence-electron chi connectivity index (χ1n) is 6.19. The number of rotatable bonds is 5. The lowest BCUT2D eigenvalue weighted by Crippen LogP contribution is -2.45. The Morgan fingerprint density at radius 1 is 1.32 bits per heavy atom. The van der Waals surface area contributed by atoms with E-state index in [1.165, 1.54) is 0 Å². The van der Waals surface area contributed by atoms with E-state index in [0.717, 1.165) is 0 Å². The van der Waals surface area contributed by atoms with E-state index in [-0.39, 0.29) is 12.5 Å². The van der Waals surface area contributed by atoms with Crippen LogP contribution < -0.4 is 5.32 Å². The first-order chi connectivity index (χ1) is 8.65. The molecule has 0 saturated heterocycles. The van der Waals surface area contributed by atoms with Crippen LogP contribution in [-0.4, -0.2) is 30.3 Å². The van der Waals surface area contributed by atoms with Crippen molar-refractivity contribution in [1.29, 1.82) is 5.26 Å². The zero-order valence-electron chi connectivity index (χ0n) is 12.1. The lowest BCUT2D eigenvalue weighted by atomic mass is 10.0. The van der Waals surface area contributed by atoms with Crippen LogP contribution in [0.2, 0.25) is 0 Å². The number of hydrogen-bond acceptors (Lipinski definition) is 5. The van der Waals surface area contributed by atoms with E-state index in [9.17, 15) is 9.59 Å². The van der Waals surface area contributed by atoms with Gasteiger partial charge >= 0.3 is 12.1 Å². The predicted octanol–water partition coefficient (Wildman–Crippen LogP) is 1.99. The molecule has 6 heteroatoms. The van der Waals surface area contributed by atoms with Crippen molar-refractivity contribution < 1.29 is 19.1 Å². The molecular weight excluding hydrogens is 248 g/mol. The first-order valence-corrected chi connectivity index (χ1v) is 6.19. The molecule has 108 valence electrons.